The normalized spacial score (nSPS) is 12.0. The highest BCUT2D eigenvalue weighted by Gasteiger charge is 2.20. The molecule has 0 spiro atoms. The van der Waals surface area contributed by atoms with Gasteiger partial charge in [0.15, 0.2) is 6.10 Å². The molecule has 31 heavy (non-hydrogen) atoms. The van der Waals surface area contributed by atoms with E-state index < -0.39 is 6.10 Å². The van der Waals surface area contributed by atoms with Crippen LogP contribution < -0.4 is 4.74 Å². The molecule has 0 fully saturated rings. The van der Waals surface area contributed by atoms with Crippen LogP contribution in [0, 0.1) is 11.8 Å². The Morgan fingerprint density at radius 1 is 1.06 bits per heavy atom. The predicted molar refractivity (Wildman–Crippen MR) is 125 cm³/mol. The summed E-state index contributed by atoms with van der Waals surface area (Å²) in [6, 6.07) is 12.8. The molecule has 0 amide bonds. The minimum atomic E-state index is -0.602. The van der Waals surface area contributed by atoms with Crippen LogP contribution in [-0.2, 0) is 20.7 Å². The van der Waals surface area contributed by atoms with Gasteiger partial charge in [0.2, 0.25) is 0 Å². The van der Waals surface area contributed by atoms with Crippen LogP contribution in [0.3, 0.4) is 0 Å². The molecule has 0 saturated carbocycles. The van der Waals surface area contributed by atoms with Crippen molar-refractivity contribution in [2.75, 3.05) is 19.8 Å². The molecule has 0 unspecified atom stereocenters. The number of ether oxygens (including phenoxy) is 3. The van der Waals surface area contributed by atoms with Crippen molar-refractivity contribution in [1.29, 1.82) is 0 Å². The third kappa shape index (κ3) is 9.06. The fraction of sp³-hybridized carbons (Fsp3) is 0.320. The number of allylic oxidation sites excluding steroid dienone is 1. The molecule has 1 atom stereocenters. The lowest BCUT2D eigenvalue weighted by atomic mass is 10.1. The fourth-order valence-electron chi connectivity index (χ4n) is 2.69. The molecule has 164 valence electrons. The highest BCUT2D eigenvalue weighted by atomic mass is 35.5. The summed E-state index contributed by atoms with van der Waals surface area (Å²) < 4.78 is 16.3. The van der Waals surface area contributed by atoms with Gasteiger partial charge in [-0.25, -0.2) is 4.79 Å². The summed E-state index contributed by atoms with van der Waals surface area (Å²) in [6.07, 6.45) is 1.75. The first-order valence-corrected chi connectivity index (χ1v) is 10.8. The van der Waals surface area contributed by atoms with Crippen molar-refractivity contribution in [3.05, 3.63) is 75.3 Å². The molecule has 0 heterocycles. The number of esters is 1. The highest BCUT2D eigenvalue weighted by molar-refractivity contribution is 6.34. The molecule has 0 aromatic heterocycles. The number of hydrogen-bond donors (Lipinski definition) is 0. The maximum absolute atomic E-state index is 12.0. The van der Waals surface area contributed by atoms with Crippen LogP contribution in [0.1, 0.15) is 31.9 Å². The second-order valence-electron chi connectivity index (χ2n) is 6.65. The summed E-state index contributed by atoms with van der Waals surface area (Å²) in [6.45, 7) is 6.72. The lowest BCUT2D eigenvalue weighted by Crippen LogP contribution is -2.28. The van der Waals surface area contributed by atoms with E-state index >= 15 is 0 Å². The van der Waals surface area contributed by atoms with Crippen molar-refractivity contribution in [3.63, 3.8) is 0 Å². The Balaban J connectivity index is 1.90. The molecule has 4 nitrogen and oxygen atoms in total. The van der Waals surface area contributed by atoms with Gasteiger partial charge in [0.05, 0.1) is 6.61 Å². The van der Waals surface area contributed by atoms with Gasteiger partial charge in [-0.05, 0) is 68.3 Å². The smallest absolute Gasteiger partial charge is 0.335 e. The van der Waals surface area contributed by atoms with Crippen molar-refractivity contribution in [2.24, 2.45) is 0 Å². The third-order valence-corrected chi connectivity index (χ3v) is 4.60. The first-order valence-electron chi connectivity index (χ1n) is 10.1. The van der Waals surface area contributed by atoms with E-state index in [0.29, 0.717) is 36.3 Å². The van der Waals surface area contributed by atoms with Crippen LogP contribution in [0.2, 0.25) is 10.0 Å². The van der Waals surface area contributed by atoms with Crippen LogP contribution in [-0.4, -0.2) is 31.9 Å². The molecule has 2 rings (SSSR count). The van der Waals surface area contributed by atoms with Gasteiger partial charge in [0, 0.05) is 28.6 Å². The summed E-state index contributed by atoms with van der Waals surface area (Å²) in [5.41, 5.74) is 2.60. The molecule has 0 aliphatic heterocycles. The highest BCUT2D eigenvalue weighted by Crippen LogP contribution is 2.18. The Kier molecular flexibility index (Phi) is 10.5. The summed E-state index contributed by atoms with van der Waals surface area (Å²) in [5, 5.41) is 1.11. The van der Waals surface area contributed by atoms with Crippen molar-refractivity contribution < 1.29 is 19.0 Å². The van der Waals surface area contributed by atoms with Gasteiger partial charge in [-0.15, -0.1) is 0 Å². The van der Waals surface area contributed by atoms with E-state index in [1.165, 1.54) is 0 Å². The summed E-state index contributed by atoms with van der Waals surface area (Å²) in [5.74, 6) is 6.48. The van der Waals surface area contributed by atoms with Crippen molar-refractivity contribution in [3.8, 4) is 17.6 Å². The number of rotatable bonds is 9. The Hall–Kier alpha value is -2.45. The van der Waals surface area contributed by atoms with E-state index in [4.69, 9.17) is 37.4 Å². The van der Waals surface area contributed by atoms with E-state index in [9.17, 15) is 4.79 Å². The molecule has 6 heteroatoms. The predicted octanol–water partition coefficient (Wildman–Crippen LogP) is 5.88. The fourth-order valence-corrected chi connectivity index (χ4v) is 3.22. The molecule has 2 aromatic carbocycles. The molecular formula is C25H26Cl2O4. The van der Waals surface area contributed by atoms with E-state index in [-0.39, 0.29) is 5.97 Å². The topological polar surface area (TPSA) is 44.8 Å². The van der Waals surface area contributed by atoms with E-state index in [2.05, 4.69) is 11.8 Å². The van der Waals surface area contributed by atoms with Gasteiger partial charge in [0.1, 0.15) is 12.4 Å². The maximum Gasteiger partial charge on any atom is 0.335 e. The molecule has 0 bridgehead atoms. The summed E-state index contributed by atoms with van der Waals surface area (Å²) >= 11 is 12.0. The van der Waals surface area contributed by atoms with Gasteiger partial charge < -0.3 is 14.2 Å². The zero-order chi connectivity index (χ0) is 22.6. The first kappa shape index (κ1) is 24.8. The Labute approximate surface area is 194 Å². The summed E-state index contributed by atoms with van der Waals surface area (Å²) in [4.78, 5) is 12.0. The first-order chi connectivity index (χ1) is 14.9. The van der Waals surface area contributed by atoms with Gasteiger partial charge in [-0.2, -0.15) is 0 Å². The second kappa shape index (κ2) is 13.1. The Morgan fingerprint density at radius 2 is 1.74 bits per heavy atom. The third-order valence-electron chi connectivity index (χ3n) is 4.17. The van der Waals surface area contributed by atoms with Crippen molar-refractivity contribution in [1.82, 2.24) is 0 Å². The second-order valence-corrected chi connectivity index (χ2v) is 7.52. The van der Waals surface area contributed by atoms with Crippen LogP contribution in [0.4, 0.5) is 0 Å². The van der Waals surface area contributed by atoms with E-state index in [1.54, 1.807) is 25.1 Å². The molecule has 0 saturated heterocycles. The average molecular weight is 461 g/mol. The van der Waals surface area contributed by atoms with Crippen LogP contribution in [0.5, 0.6) is 5.75 Å². The Morgan fingerprint density at radius 3 is 2.35 bits per heavy atom. The maximum atomic E-state index is 12.0. The number of halogens is 2. The number of benzene rings is 2. The molecular weight excluding hydrogens is 435 g/mol. The molecule has 0 aliphatic rings. The van der Waals surface area contributed by atoms with Crippen LogP contribution in [0.25, 0.3) is 0 Å². The molecule has 2 aromatic rings. The van der Waals surface area contributed by atoms with Gasteiger partial charge in [-0.1, -0.05) is 47.2 Å². The average Bonchev–Trinajstić information content (AvgIpc) is 2.72. The number of hydrogen-bond acceptors (Lipinski definition) is 4. The quantitative estimate of drug-likeness (QED) is 0.346. The minimum absolute atomic E-state index is 0.333. The van der Waals surface area contributed by atoms with Crippen LogP contribution >= 0.6 is 23.2 Å². The van der Waals surface area contributed by atoms with Gasteiger partial charge in [-0.3, -0.25) is 0 Å². The minimum Gasteiger partial charge on any atom is -0.490 e. The Bertz CT molecular complexity index is 935. The molecule has 0 aliphatic carbocycles. The van der Waals surface area contributed by atoms with Crippen LogP contribution in [0.15, 0.2) is 54.1 Å². The van der Waals surface area contributed by atoms with Gasteiger partial charge >= 0.3 is 5.97 Å². The molecule has 0 radical (unpaired) electrons. The van der Waals surface area contributed by atoms with Gasteiger partial charge in [0.25, 0.3) is 0 Å². The van der Waals surface area contributed by atoms with Crippen molar-refractivity contribution >= 4 is 29.2 Å². The molecule has 0 N–H and O–H groups in total. The SMILES string of the molecule is CCOC(=O)[C@H](Cc1ccc(OCC=C(C)C#Cc2cc(Cl)cc(Cl)c2)cc1)OCC. The zero-order valence-corrected chi connectivity index (χ0v) is 19.4. The number of carbonyl (C=O) groups excluding carboxylic acids is 1. The van der Waals surface area contributed by atoms with Crippen molar-refractivity contribution in [2.45, 2.75) is 33.3 Å². The lowest BCUT2D eigenvalue weighted by molar-refractivity contribution is -0.156. The monoisotopic (exact) mass is 460 g/mol. The van der Waals surface area contributed by atoms with E-state index in [1.807, 2.05) is 44.2 Å². The summed E-state index contributed by atoms with van der Waals surface area (Å²) in [7, 11) is 0. The largest absolute Gasteiger partial charge is 0.490 e. The standard InChI is InChI=1S/C25H26Cl2O4/c1-4-29-24(25(28)30-5-2)16-19-8-10-23(11-9-19)31-13-12-18(3)6-7-20-14-21(26)17-22(27)15-20/h8-12,14-15,17,24H,4-5,13,16H2,1-3H3/t24-/m0/s1. The zero-order valence-electron chi connectivity index (χ0n) is 17.9. The lowest BCUT2D eigenvalue weighted by Gasteiger charge is -2.15. The van der Waals surface area contributed by atoms with E-state index in [0.717, 1.165) is 22.4 Å². The number of carbonyl (C=O) groups is 1.